The van der Waals surface area contributed by atoms with E-state index >= 15 is 0 Å². The predicted octanol–water partition coefficient (Wildman–Crippen LogP) is 3.20. The van der Waals surface area contributed by atoms with Crippen LogP contribution < -0.4 is 5.32 Å². The van der Waals surface area contributed by atoms with Gasteiger partial charge in [-0.05, 0) is 31.0 Å². The molecule has 1 amide bonds. The summed E-state index contributed by atoms with van der Waals surface area (Å²) in [6, 6.07) is 14.1. The second-order valence-electron chi connectivity index (χ2n) is 7.82. The highest BCUT2D eigenvalue weighted by Gasteiger charge is 2.26. The van der Waals surface area contributed by atoms with Gasteiger partial charge < -0.3 is 14.5 Å². The van der Waals surface area contributed by atoms with Crippen LogP contribution in [0.2, 0.25) is 0 Å². The normalized spacial score (nSPS) is 15.7. The van der Waals surface area contributed by atoms with Crippen molar-refractivity contribution in [2.24, 2.45) is 0 Å². The van der Waals surface area contributed by atoms with Gasteiger partial charge in [0.2, 0.25) is 0 Å². The number of hydrogen-bond donors (Lipinski definition) is 1. The number of ether oxygens (including phenoxy) is 1. The summed E-state index contributed by atoms with van der Waals surface area (Å²) < 4.78 is 13.3. The molecular weight excluding hydrogens is 392 g/mol. The molecule has 1 atom stereocenters. The van der Waals surface area contributed by atoms with Crippen molar-refractivity contribution in [3.63, 3.8) is 0 Å². The SMILES string of the molecule is CCc1c(C(=O)NCC(c2ccc(C)o2)N2CCOCC2)cnn1Cc1ccccc1. The lowest BCUT2D eigenvalue weighted by molar-refractivity contribution is 0.0117. The number of rotatable bonds is 8. The third-order valence-electron chi connectivity index (χ3n) is 5.74. The molecule has 0 spiro atoms. The molecular formula is C24H30N4O3. The van der Waals surface area contributed by atoms with Gasteiger partial charge in [-0.25, -0.2) is 0 Å². The molecule has 1 aliphatic rings. The topological polar surface area (TPSA) is 72.5 Å². The largest absolute Gasteiger partial charge is 0.465 e. The number of aryl methyl sites for hydroxylation is 1. The molecule has 164 valence electrons. The van der Waals surface area contributed by atoms with Crippen LogP contribution in [0.15, 0.2) is 53.1 Å². The number of hydrogen-bond acceptors (Lipinski definition) is 5. The molecule has 31 heavy (non-hydrogen) atoms. The van der Waals surface area contributed by atoms with Gasteiger partial charge in [-0.1, -0.05) is 37.3 Å². The van der Waals surface area contributed by atoms with Gasteiger partial charge in [0.1, 0.15) is 11.5 Å². The molecule has 7 heteroatoms. The van der Waals surface area contributed by atoms with E-state index in [1.165, 1.54) is 0 Å². The first-order valence-corrected chi connectivity index (χ1v) is 10.9. The lowest BCUT2D eigenvalue weighted by Gasteiger charge is -2.33. The Morgan fingerprint density at radius 3 is 2.61 bits per heavy atom. The van der Waals surface area contributed by atoms with Crippen LogP contribution >= 0.6 is 0 Å². The maximum absolute atomic E-state index is 13.1. The van der Waals surface area contributed by atoms with Crippen LogP contribution in [0, 0.1) is 6.92 Å². The Hall–Kier alpha value is -2.90. The minimum atomic E-state index is -0.0994. The van der Waals surface area contributed by atoms with E-state index in [2.05, 4.69) is 34.4 Å². The fourth-order valence-electron chi connectivity index (χ4n) is 4.08. The lowest BCUT2D eigenvalue weighted by Crippen LogP contribution is -2.43. The second-order valence-corrected chi connectivity index (χ2v) is 7.82. The van der Waals surface area contributed by atoms with Gasteiger partial charge in [0.25, 0.3) is 5.91 Å². The molecule has 3 heterocycles. The van der Waals surface area contributed by atoms with Crippen molar-refractivity contribution in [3.8, 4) is 0 Å². The number of benzene rings is 1. The summed E-state index contributed by atoms with van der Waals surface area (Å²) in [7, 11) is 0. The maximum atomic E-state index is 13.1. The monoisotopic (exact) mass is 422 g/mol. The van der Waals surface area contributed by atoms with E-state index in [0.717, 1.165) is 42.3 Å². The van der Waals surface area contributed by atoms with E-state index in [0.29, 0.717) is 31.9 Å². The first-order valence-electron chi connectivity index (χ1n) is 10.9. The average Bonchev–Trinajstić information content (AvgIpc) is 3.41. The van der Waals surface area contributed by atoms with Crippen molar-refractivity contribution >= 4 is 5.91 Å². The van der Waals surface area contributed by atoms with Crippen molar-refractivity contribution in [3.05, 3.63) is 77.0 Å². The zero-order valence-corrected chi connectivity index (χ0v) is 18.2. The van der Waals surface area contributed by atoms with E-state index < -0.39 is 0 Å². The van der Waals surface area contributed by atoms with Crippen LogP contribution in [-0.2, 0) is 17.7 Å². The van der Waals surface area contributed by atoms with Crippen LogP contribution in [0.25, 0.3) is 0 Å². The summed E-state index contributed by atoms with van der Waals surface area (Å²) in [5, 5.41) is 7.61. The van der Waals surface area contributed by atoms with E-state index in [-0.39, 0.29) is 11.9 Å². The average molecular weight is 423 g/mol. The Balaban J connectivity index is 1.47. The minimum absolute atomic E-state index is 0.0222. The van der Waals surface area contributed by atoms with Crippen molar-refractivity contribution in [2.75, 3.05) is 32.8 Å². The zero-order chi connectivity index (χ0) is 21.6. The predicted molar refractivity (Wildman–Crippen MR) is 118 cm³/mol. The molecule has 0 bridgehead atoms. The number of carbonyl (C=O) groups is 1. The van der Waals surface area contributed by atoms with E-state index in [1.807, 2.05) is 41.9 Å². The maximum Gasteiger partial charge on any atom is 0.254 e. The van der Waals surface area contributed by atoms with Crippen molar-refractivity contribution in [1.29, 1.82) is 0 Å². The molecule has 0 radical (unpaired) electrons. The van der Waals surface area contributed by atoms with E-state index in [9.17, 15) is 4.79 Å². The first-order chi connectivity index (χ1) is 15.2. The molecule has 1 fully saturated rings. The van der Waals surface area contributed by atoms with Crippen LogP contribution in [-0.4, -0.2) is 53.4 Å². The third kappa shape index (κ3) is 5.06. The quantitative estimate of drug-likeness (QED) is 0.604. The Morgan fingerprint density at radius 2 is 1.94 bits per heavy atom. The summed E-state index contributed by atoms with van der Waals surface area (Å²) in [5.74, 6) is 1.64. The van der Waals surface area contributed by atoms with Crippen molar-refractivity contribution in [2.45, 2.75) is 32.9 Å². The molecule has 1 unspecified atom stereocenters. The fraction of sp³-hybridized carbons (Fsp3) is 0.417. The van der Waals surface area contributed by atoms with Gasteiger partial charge in [0.05, 0.1) is 43.3 Å². The highest BCUT2D eigenvalue weighted by molar-refractivity contribution is 5.95. The number of furan rings is 1. The van der Waals surface area contributed by atoms with Gasteiger partial charge in [-0.15, -0.1) is 0 Å². The van der Waals surface area contributed by atoms with E-state index in [4.69, 9.17) is 9.15 Å². The minimum Gasteiger partial charge on any atom is -0.465 e. The summed E-state index contributed by atoms with van der Waals surface area (Å²) in [6.45, 7) is 8.13. The molecule has 7 nitrogen and oxygen atoms in total. The molecule has 3 aromatic rings. The molecule has 1 N–H and O–H groups in total. The third-order valence-corrected chi connectivity index (χ3v) is 5.74. The number of amides is 1. The van der Waals surface area contributed by atoms with E-state index in [1.54, 1.807) is 6.20 Å². The summed E-state index contributed by atoms with van der Waals surface area (Å²) in [4.78, 5) is 15.4. The Labute approximate surface area is 183 Å². The Bertz CT molecular complexity index is 989. The fourth-order valence-corrected chi connectivity index (χ4v) is 4.08. The van der Waals surface area contributed by atoms with Gasteiger partial charge in [-0.2, -0.15) is 5.10 Å². The van der Waals surface area contributed by atoms with Crippen LogP contribution in [0.3, 0.4) is 0 Å². The van der Waals surface area contributed by atoms with Crippen LogP contribution in [0.1, 0.15) is 46.1 Å². The number of carbonyl (C=O) groups excluding carboxylic acids is 1. The van der Waals surface area contributed by atoms with Gasteiger partial charge >= 0.3 is 0 Å². The number of morpholine rings is 1. The summed E-state index contributed by atoms with van der Waals surface area (Å²) >= 11 is 0. The molecule has 1 aliphatic heterocycles. The lowest BCUT2D eigenvalue weighted by atomic mass is 10.1. The highest BCUT2D eigenvalue weighted by atomic mass is 16.5. The molecule has 1 aromatic carbocycles. The summed E-state index contributed by atoms with van der Waals surface area (Å²) in [6.07, 6.45) is 2.41. The zero-order valence-electron chi connectivity index (χ0n) is 18.2. The number of aromatic nitrogens is 2. The van der Waals surface area contributed by atoms with Crippen LogP contribution in [0.5, 0.6) is 0 Å². The standard InChI is InChI=1S/C24H30N4O3/c1-3-21-20(15-26-28(21)17-19-7-5-4-6-8-19)24(29)25-16-22(23-10-9-18(2)31-23)27-11-13-30-14-12-27/h4-10,15,22H,3,11-14,16-17H2,1-2H3,(H,25,29). The van der Waals surface area contributed by atoms with Crippen molar-refractivity contribution < 1.29 is 13.9 Å². The number of nitrogens with one attached hydrogen (secondary N) is 1. The van der Waals surface area contributed by atoms with Gasteiger partial charge in [0, 0.05) is 19.6 Å². The first kappa shape index (κ1) is 21.3. The molecule has 1 saturated heterocycles. The molecule has 4 rings (SSSR count). The number of nitrogens with zero attached hydrogens (tertiary/aromatic N) is 3. The van der Waals surface area contributed by atoms with Gasteiger partial charge in [-0.3, -0.25) is 14.4 Å². The smallest absolute Gasteiger partial charge is 0.254 e. The highest BCUT2D eigenvalue weighted by Crippen LogP contribution is 2.23. The Morgan fingerprint density at radius 1 is 1.16 bits per heavy atom. The molecule has 2 aromatic heterocycles. The summed E-state index contributed by atoms with van der Waals surface area (Å²) in [5.41, 5.74) is 2.74. The van der Waals surface area contributed by atoms with Crippen LogP contribution in [0.4, 0.5) is 0 Å². The molecule has 0 saturated carbocycles. The van der Waals surface area contributed by atoms with Gasteiger partial charge in [0.15, 0.2) is 0 Å². The Kier molecular flexibility index (Phi) is 6.84. The van der Waals surface area contributed by atoms with Crippen molar-refractivity contribution in [1.82, 2.24) is 20.0 Å². The molecule has 0 aliphatic carbocycles. The second kappa shape index (κ2) is 9.94.